The molecule has 0 bridgehead atoms. The van der Waals surface area contributed by atoms with Gasteiger partial charge in [-0.2, -0.15) is 0 Å². The lowest BCUT2D eigenvalue weighted by Gasteiger charge is -2.11. The Kier molecular flexibility index (Phi) is 4.32. The van der Waals surface area contributed by atoms with Gasteiger partial charge in [0.05, 0.1) is 6.61 Å². The number of benzene rings is 1. The first-order chi connectivity index (χ1) is 6.63. The lowest BCUT2D eigenvalue weighted by Crippen LogP contribution is -2.28. The van der Waals surface area contributed by atoms with Crippen molar-refractivity contribution in [3.63, 3.8) is 0 Å². The van der Waals surface area contributed by atoms with E-state index in [2.05, 4.69) is 5.32 Å². The number of aliphatic hydroxyl groups excluding tert-OH is 1. The predicted molar refractivity (Wildman–Crippen MR) is 54.8 cm³/mol. The van der Waals surface area contributed by atoms with Gasteiger partial charge in [0.25, 0.3) is 0 Å². The van der Waals surface area contributed by atoms with Crippen LogP contribution in [0.4, 0.5) is 4.39 Å². The third kappa shape index (κ3) is 3.25. The molecule has 1 atom stereocenters. The maximum atomic E-state index is 13.2. The maximum absolute atomic E-state index is 13.2. The molecule has 0 aliphatic carbocycles. The van der Waals surface area contributed by atoms with Crippen LogP contribution in [0.1, 0.15) is 12.5 Å². The first kappa shape index (κ1) is 11.4. The van der Waals surface area contributed by atoms with Crippen molar-refractivity contribution in [2.45, 2.75) is 19.5 Å². The second-order valence-electron chi connectivity index (χ2n) is 3.20. The fourth-order valence-corrected chi connectivity index (χ4v) is 1.22. The molecule has 0 amide bonds. The van der Waals surface area contributed by atoms with Crippen molar-refractivity contribution in [3.05, 3.63) is 34.6 Å². The van der Waals surface area contributed by atoms with Gasteiger partial charge in [0.1, 0.15) is 5.82 Å². The molecule has 1 aromatic rings. The summed E-state index contributed by atoms with van der Waals surface area (Å²) in [7, 11) is 0. The van der Waals surface area contributed by atoms with Gasteiger partial charge in [-0.25, -0.2) is 4.39 Å². The summed E-state index contributed by atoms with van der Waals surface area (Å²) in [5.41, 5.74) is 0.512. The molecule has 78 valence electrons. The largest absolute Gasteiger partial charge is 0.395 e. The molecule has 1 aromatic carbocycles. The number of halogens is 2. The van der Waals surface area contributed by atoms with Crippen LogP contribution in [0.15, 0.2) is 18.2 Å². The summed E-state index contributed by atoms with van der Waals surface area (Å²) in [6.07, 6.45) is 0. The average molecular weight is 218 g/mol. The molecule has 1 rings (SSSR count). The van der Waals surface area contributed by atoms with Gasteiger partial charge in [-0.15, -0.1) is 0 Å². The average Bonchev–Trinajstić information content (AvgIpc) is 2.19. The third-order valence-corrected chi connectivity index (χ3v) is 2.16. The lowest BCUT2D eigenvalue weighted by molar-refractivity contribution is 0.250. The highest BCUT2D eigenvalue weighted by atomic mass is 35.5. The number of aliphatic hydroxyl groups is 1. The molecule has 0 fully saturated rings. The summed E-state index contributed by atoms with van der Waals surface area (Å²) in [4.78, 5) is 0. The molecule has 0 heterocycles. The zero-order valence-corrected chi connectivity index (χ0v) is 8.68. The van der Waals surface area contributed by atoms with Crippen LogP contribution < -0.4 is 5.32 Å². The van der Waals surface area contributed by atoms with E-state index >= 15 is 0 Å². The Balaban J connectivity index is 2.62. The van der Waals surface area contributed by atoms with Crippen molar-refractivity contribution < 1.29 is 9.50 Å². The normalized spacial score (nSPS) is 12.9. The monoisotopic (exact) mass is 217 g/mol. The summed E-state index contributed by atoms with van der Waals surface area (Å²) in [5.74, 6) is -0.285. The smallest absolute Gasteiger partial charge is 0.127 e. The first-order valence-electron chi connectivity index (χ1n) is 4.41. The Morgan fingerprint density at radius 2 is 2.29 bits per heavy atom. The predicted octanol–water partition coefficient (Wildman–Crippen LogP) is 1.95. The Labute approximate surface area is 87.7 Å². The summed E-state index contributed by atoms with van der Waals surface area (Å²) in [6.45, 7) is 2.22. The van der Waals surface area contributed by atoms with Crippen LogP contribution in [0, 0.1) is 5.82 Å². The molecule has 0 aliphatic heterocycles. The van der Waals surface area contributed by atoms with E-state index in [1.54, 1.807) is 6.07 Å². The van der Waals surface area contributed by atoms with Gasteiger partial charge in [-0.1, -0.05) is 11.6 Å². The van der Waals surface area contributed by atoms with Crippen LogP contribution >= 0.6 is 11.6 Å². The second kappa shape index (κ2) is 5.29. The highest BCUT2D eigenvalue weighted by molar-refractivity contribution is 6.30. The van der Waals surface area contributed by atoms with Gasteiger partial charge < -0.3 is 10.4 Å². The molecule has 0 radical (unpaired) electrons. The molecule has 0 aromatic heterocycles. The summed E-state index contributed by atoms with van der Waals surface area (Å²) in [5, 5.41) is 12.2. The van der Waals surface area contributed by atoms with Crippen molar-refractivity contribution in [2.24, 2.45) is 0 Å². The number of rotatable bonds is 4. The van der Waals surface area contributed by atoms with E-state index in [1.165, 1.54) is 12.1 Å². The molecule has 0 saturated carbocycles. The van der Waals surface area contributed by atoms with Gasteiger partial charge in [-0.05, 0) is 25.1 Å². The fourth-order valence-electron chi connectivity index (χ4n) is 1.03. The van der Waals surface area contributed by atoms with Crippen molar-refractivity contribution in [1.29, 1.82) is 0 Å². The molecular weight excluding hydrogens is 205 g/mol. The first-order valence-corrected chi connectivity index (χ1v) is 4.79. The summed E-state index contributed by atoms with van der Waals surface area (Å²) >= 11 is 5.72. The molecule has 0 aliphatic rings. The Hall–Kier alpha value is -0.640. The number of nitrogens with one attached hydrogen (secondary N) is 1. The van der Waals surface area contributed by atoms with Crippen LogP contribution in [0.3, 0.4) is 0 Å². The molecule has 0 unspecified atom stereocenters. The van der Waals surface area contributed by atoms with Crippen molar-refractivity contribution in [2.75, 3.05) is 6.61 Å². The van der Waals surface area contributed by atoms with Gasteiger partial charge in [0.2, 0.25) is 0 Å². The van der Waals surface area contributed by atoms with Gasteiger partial charge in [0, 0.05) is 23.2 Å². The second-order valence-corrected chi connectivity index (χ2v) is 3.64. The van der Waals surface area contributed by atoms with Crippen LogP contribution in [-0.4, -0.2) is 17.8 Å². The minimum absolute atomic E-state index is 0.0299. The topological polar surface area (TPSA) is 32.3 Å². The minimum Gasteiger partial charge on any atom is -0.395 e. The lowest BCUT2D eigenvalue weighted by atomic mass is 10.2. The maximum Gasteiger partial charge on any atom is 0.127 e. The molecule has 2 nitrogen and oxygen atoms in total. The van der Waals surface area contributed by atoms with E-state index in [0.717, 1.165) is 0 Å². The fraction of sp³-hybridized carbons (Fsp3) is 0.400. The van der Waals surface area contributed by atoms with Crippen LogP contribution in [0.5, 0.6) is 0 Å². The molecule has 0 spiro atoms. The highest BCUT2D eigenvalue weighted by Crippen LogP contribution is 2.14. The Morgan fingerprint density at radius 1 is 1.57 bits per heavy atom. The van der Waals surface area contributed by atoms with Crippen LogP contribution in [-0.2, 0) is 6.54 Å². The van der Waals surface area contributed by atoms with Crippen molar-refractivity contribution >= 4 is 11.6 Å². The van der Waals surface area contributed by atoms with Gasteiger partial charge in [-0.3, -0.25) is 0 Å². The SMILES string of the molecule is C[C@@H](CO)NCc1cc(Cl)ccc1F. The summed E-state index contributed by atoms with van der Waals surface area (Å²) < 4.78 is 13.2. The quantitative estimate of drug-likeness (QED) is 0.808. The van der Waals surface area contributed by atoms with Gasteiger partial charge >= 0.3 is 0 Å². The van der Waals surface area contributed by atoms with Gasteiger partial charge in [0.15, 0.2) is 0 Å². The zero-order valence-electron chi connectivity index (χ0n) is 7.93. The molecular formula is C10H13ClFNO. The standard InChI is InChI=1S/C10H13ClFNO/c1-7(6-14)13-5-8-4-9(11)2-3-10(8)12/h2-4,7,13-14H,5-6H2,1H3/t7-/m0/s1. The molecule has 14 heavy (non-hydrogen) atoms. The van der Waals surface area contributed by atoms with Crippen molar-refractivity contribution in [3.8, 4) is 0 Å². The van der Waals surface area contributed by atoms with E-state index < -0.39 is 0 Å². The number of hydrogen-bond donors (Lipinski definition) is 2. The van der Waals surface area contributed by atoms with E-state index in [4.69, 9.17) is 16.7 Å². The van der Waals surface area contributed by atoms with Crippen LogP contribution in [0.2, 0.25) is 5.02 Å². The molecule has 4 heteroatoms. The van der Waals surface area contributed by atoms with E-state index in [-0.39, 0.29) is 18.5 Å². The minimum atomic E-state index is -0.285. The Bertz CT molecular complexity index is 306. The van der Waals surface area contributed by atoms with E-state index in [0.29, 0.717) is 17.1 Å². The van der Waals surface area contributed by atoms with E-state index in [1.807, 2.05) is 6.92 Å². The Morgan fingerprint density at radius 3 is 2.93 bits per heavy atom. The van der Waals surface area contributed by atoms with E-state index in [9.17, 15) is 4.39 Å². The molecule has 0 saturated heterocycles. The summed E-state index contributed by atoms with van der Waals surface area (Å²) in [6, 6.07) is 4.38. The van der Waals surface area contributed by atoms with Crippen molar-refractivity contribution in [1.82, 2.24) is 5.32 Å². The highest BCUT2D eigenvalue weighted by Gasteiger charge is 2.04. The molecule has 2 N–H and O–H groups in total. The zero-order chi connectivity index (χ0) is 10.6. The van der Waals surface area contributed by atoms with Crippen LogP contribution in [0.25, 0.3) is 0 Å². The third-order valence-electron chi connectivity index (χ3n) is 1.92. The number of hydrogen-bond acceptors (Lipinski definition) is 2.